The lowest BCUT2D eigenvalue weighted by atomic mass is 10.1. The smallest absolute Gasteiger partial charge is 0.144 e. The largest absolute Gasteiger partial charge is 0.342 e. The second-order valence-electron chi connectivity index (χ2n) is 4.43. The van der Waals surface area contributed by atoms with Gasteiger partial charge in [-0.3, -0.25) is 0 Å². The minimum Gasteiger partial charge on any atom is -0.342 e. The SMILES string of the molecule is CC(C)c1[nH]c(-c2cc(F)cc(Br)c2)nc(=S)c1Br. The topological polar surface area (TPSA) is 28.7 Å². The van der Waals surface area contributed by atoms with E-state index >= 15 is 0 Å². The van der Waals surface area contributed by atoms with Crippen molar-refractivity contribution in [2.45, 2.75) is 19.8 Å². The van der Waals surface area contributed by atoms with Gasteiger partial charge in [0.25, 0.3) is 0 Å². The lowest BCUT2D eigenvalue weighted by molar-refractivity contribution is 0.627. The van der Waals surface area contributed by atoms with E-state index in [9.17, 15) is 4.39 Å². The number of benzene rings is 1. The van der Waals surface area contributed by atoms with Gasteiger partial charge in [-0.05, 0) is 40.0 Å². The fraction of sp³-hybridized carbons (Fsp3) is 0.231. The zero-order valence-electron chi connectivity index (χ0n) is 10.3. The Morgan fingerprint density at radius 2 is 1.95 bits per heavy atom. The molecule has 0 unspecified atom stereocenters. The first kappa shape index (κ1) is 14.8. The van der Waals surface area contributed by atoms with Crippen LogP contribution in [0.3, 0.4) is 0 Å². The van der Waals surface area contributed by atoms with Crippen LogP contribution < -0.4 is 0 Å². The Bertz CT molecular complexity index is 663. The molecule has 0 amide bonds. The molecule has 0 aliphatic heterocycles. The first-order valence-corrected chi connectivity index (χ1v) is 7.64. The van der Waals surface area contributed by atoms with Crippen molar-refractivity contribution in [2.75, 3.05) is 0 Å². The molecule has 0 spiro atoms. The molecule has 0 saturated carbocycles. The zero-order chi connectivity index (χ0) is 14.2. The van der Waals surface area contributed by atoms with Crippen LogP contribution in [0.15, 0.2) is 27.1 Å². The van der Waals surface area contributed by atoms with E-state index < -0.39 is 0 Å². The van der Waals surface area contributed by atoms with E-state index in [0.29, 0.717) is 20.5 Å². The van der Waals surface area contributed by atoms with Crippen LogP contribution in [0.5, 0.6) is 0 Å². The molecule has 1 heterocycles. The lowest BCUT2D eigenvalue weighted by Gasteiger charge is -2.11. The average molecular weight is 406 g/mol. The molecule has 0 atom stereocenters. The molecule has 2 nitrogen and oxygen atoms in total. The Kier molecular flexibility index (Phi) is 4.53. The van der Waals surface area contributed by atoms with Crippen molar-refractivity contribution in [1.29, 1.82) is 0 Å². The van der Waals surface area contributed by atoms with Gasteiger partial charge in [-0.15, -0.1) is 0 Å². The zero-order valence-corrected chi connectivity index (χ0v) is 14.3. The number of nitrogens with one attached hydrogen (secondary N) is 1. The van der Waals surface area contributed by atoms with Crippen LogP contribution in [0.1, 0.15) is 25.5 Å². The Labute approximate surface area is 132 Å². The maximum atomic E-state index is 13.4. The summed E-state index contributed by atoms with van der Waals surface area (Å²) in [7, 11) is 0. The molecule has 19 heavy (non-hydrogen) atoms. The van der Waals surface area contributed by atoms with Crippen LogP contribution in [-0.2, 0) is 0 Å². The van der Waals surface area contributed by atoms with E-state index in [1.54, 1.807) is 6.07 Å². The molecule has 1 N–H and O–H groups in total. The maximum absolute atomic E-state index is 13.4. The Hall–Kier alpha value is -0.590. The molecule has 2 aromatic rings. The number of hydrogen-bond donors (Lipinski definition) is 1. The van der Waals surface area contributed by atoms with Crippen molar-refractivity contribution in [1.82, 2.24) is 9.97 Å². The number of H-pyrrole nitrogens is 1. The molecule has 100 valence electrons. The summed E-state index contributed by atoms with van der Waals surface area (Å²) in [6.07, 6.45) is 0. The molecule has 0 bridgehead atoms. The first-order valence-electron chi connectivity index (χ1n) is 5.64. The van der Waals surface area contributed by atoms with Crippen LogP contribution in [0.4, 0.5) is 4.39 Å². The van der Waals surface area contributed by atoms with Gasteiger partial charge in [-0.2, -0.15) is 0 Å². The number of halogens is 3. The predicted molar refractivity (Wildman–Crippen MR) is 84.3 cm³/mol. The predicted octanol–water partition coefficient (Wildman–Crippen LogP) is 5.59. The van der Waals surface area contributed by atoms with Crippen LogP contribution in [0.2, 0.25) is 0 Å². The van der Waals surface area contributed by atoms with Crippen LogP contribution in [-0.4, -0.2) is 9.97 Å². The summed E-state index contributed by atoms with van der Waals surface area (Å²) >= 11 is 11.9. The van der Waals surface area contributed by atoms with E-state index in [1.807, 2.05) is 0 Å². The third-order valence-electron chi connectivity index (χ3n) is 2.60. The van der Waals surface area contributed by atoms with Gasteiger partial charge < -0.3 is 4.98 Å². The minimum absolute atomic E-state index is 0.259. The molecule has 6 heteroatoms. The van der Waals surface area contributed by atoms with E-state index in [0.717, 1.165) is 10.2 Å². The van der Waals surface area contributed by atoms with Crippen molar-refractivity contribution >= 4 is 44.1 Å². The molecular formula is C13H11Br2FN2S. The first-order chi connectivity index (χ1) is 8.88. The summed E-state index contributed by atoms with van der Waals surface area (Å²) in [6, 6.07) is 4.63. The van der Waals surface area contributed by atoms with Crippen molar-refractivity contribution in [3.05, 3.63) is 43.3 Å². The van der Waals surface area contributed by atoms with Crippen molar-refractivity contribution in [3.63, 3.8) is 0 Å². The standard InChI is InChI=1S/C13H11Br2FN2S/c1-6(2)11-10(15)13(19)18-12(17-11)7-3-8(14)5-9(16)4-7/h3-6H,1-2H3,(H,17,18,19). The molecule has 1 aromatic heterocycles. The monoisotopic (exact) mass is 404 g/mol. The van der Waals surface area contributed by atoms with Crippen LogP contribution >= 0.6 is 44.1 Å². The van der Waals surface area contributed by atoms with Gasteiger partial charge in [0.15, 0.2) is 0 Å². The molecule has 0 radical (unpaired) electrons. The summed E-state index contributed by atoms with van der Waals surface area (Å²) < 4.78 is 15.4. The van der Waals surface area contributed by atoms with Crippen molar-refractivity contribution in [3.8, 4) is 11.4 Å². The van der Waals surface area contributed by atoms with Crippen LogP contribution in [0.25, 0.3) is 11.4 Å². The summed E-state index contributed by atoms with van der Waals surface area (Å²) in [5.74, 6) is 0.506. The highest BCUT2D eigenvalue weighted by atomic mass is 79.9. The van der Waals surface area contributed by atoms with Gasteiger partial charge in [0.2, 0.25) is 0 Å². The normalized spacial score (nSPS) is 11.1. The van der Waals surface area contributed by atoms with Gasteiger partial charge in [-0.1, -0.05) is 42.0 Å². The molecular weight excluding hydrogens is 395 g/mol. The van der Waals surface area contributed by atoms with Crippen molar-refractivity contribution < 1.29 is 4.39 Å². The van der Waals surface area contributed by atoms with E-state index in [1.165, 1.54) is 12.1 Å². The number of hydrogen-bond acceptors (Lipinski definition) is 2. The molecule has 0 fully saturated rings. The highest BCUT2D eigenvalue weighted by Crippen LogP contribution is 2.28. The van der Waals surface area contributed by atoms with E-state index in [-0.39, 0.29) is 11.7 Å². The fourth-order valence-corrected chi connectivity index (χ4v) is 3.01. The molecule has 0 saturated heterocycles. The van der Waals surface area contributed by atoms with E-state index in [2.05, 4.69) is 55.7 Å². The molecule has 0 aliphatic carbocycles. The number of rotatable bonds is 2. The van der Waals surface area contributed by atoms with Crippen molar-refractivity contribution in [2.24, 2.45) is 0 Å². The molecule has 2 rings (SSSR count). The van der Waals surface area contributed by atoms with Gasteiger partial charge in [0, 0.05) is 15.7 Å². The Morgan fingerprint density at radius 1 is 1.26 bits per heavy atom. The maximum Gasteiger partial charge on any atom is 0.144 e. The fourth-order valence-electron chi connectivity index (χ4n) is 1.70. The quantitative estimate of drug-likeness (QED) is 0.659. The third-order valence-corrected chi connectivity index (χ3v) is 4.42. The Balaban J connectivity index is 2.66. The Morgan fingerprint density at radius 3 is 2.53 bits per heavy atom. The van der Waals surface area contributed by atoms with E-state index in [4.69, 9.17) is 12.2 Å². The third kappa shape index (κ3) is 3.30. The summed E-state index contributed by atoms with van der Waals surface area (Å²) in [5.41, 5.74) is 1.61. The summed E-state index contributed by atoms with van der Waals surface area (Å²) in [4.78, 5) is 7.50. The highest BCUT2D eigenvalue weighted by molar-refractivity contribution is 9.10. The minimum atomic E-state index is -0.320. The lowest BCUT2D eigenvalue weighted by Crippen LogP contribution is -2.00. The van der Waals surface area contributed by atoms with Crippen LogP contribution in [0, 0.1) is 10.5 Å². The van der Waals surface area contributed by atoms with Gasteiger partial charge in [0.1, 0.15) is 16.3 Å². The van der Waals surface area contributed by atoms with Gasteiger partial charge in [0.05, 0.1) is 4.47 Å². The summed E-state index contributed by atoms with van der Waals surface area (Å²) in [6.45, 7) is 4.10. The number of nitrogens with zero attached hydrogens (tertiary/aromatic N) is 1. The second kappa shape index (κ2) is 5.81. The molecule has 1 aromatic carbocycles. The number of aromatic nitrogens is 2. The number of aromatic amines is 1. The highest BCUT2D eigenvalue weighted by Gasteiger charge is 2.12. The molecule has 0 aliphatic rings. The second-order valence-corrected chi connectivity index (χ2v) is 6.53. The summed E-state index contributed by atoms with van der Waals surface area (Å²) in [5, 5.41) is 0. The van der Waals surface area contributed by atoms with Gasteiger partial charge >= 0.3 is 0 Å². The average Bonchev–Trinajstić information content (AvgIpc) is 2.30. The van der Waals surface area contributed by atoms with Gasteiger partial charge in [-0.25, -0.2) is 9.37 Å².